The van der Waals surface area contributed by atoms with Crippen LogP contribution in [0, 0.1) is 0 Å². The molecule has 0 aliphatic carbocycles. The summed E-state index contributed by atoms with van der Waals surface area (Å²) in [4.78, 5) is 63.9. The Bertz CT molecular complexity index is 1130. The molecular weight excluding hydrogens is 450 g/mol. The Morgan fingerprint density at radius 1 is 0.941 bits per heavy atom. The lowest BCUT2D eigenvalue weighted by molar-refractivity contribution is -0.240. The number of hydrogen-bond donors (Lipinski definition) is 1. The number of carbonyl (C=O) groups is 4. The summed E-state index contributed by atoms with van der Waals surface area (Å²) in [5.74, 6) is -2.60. The van der Waals surface area contributed by atoms with Crippen molar-refractivity contribution in [1.82, 2.24) is 9.55 Å². The molecule has 2 aromatic rings. The van der Waals surface area contributed by atoms with Crippen molar-refractivity contribution in [2.24, 2.45) is 0 Å². The lowest BCUT2D eigenvalue weighted by Gasteiger charge is -2.40. The zero-order chi connectivity index (χ0) is 24.8. The highest BCUT2D eigenvalue weighted by Gasteiger charge is 2.48. The Hall–Kier alpha value is -4.06. The van der Waals surface area contributed by atoms with E-state index in [1.54, 1.807) is 30.3 Å². The van der Waals surface area contributed by atoms with Gasteiger partial charge in [-0.05, 0) is 18.2 Å². The maximum Gasteiger partial charge on any atom is 0.351 e. The second-order valence-corrected chi connectivity index (χ2v) is 7.34. The molecule has 3 rings (SSSR count). The van der Waals surface area contributed by atoms with E-state index in [0.29, 0.717) is 5.56 Å². The van der Waals surface area contributed by atoms with Crippen LogP contribution in [0.1, 0.15) is 37.4 Å². The summed E-state index contributed by atoms with van der Waals surface area (Å²) in [5, 5.41) is 2.52. The summed E-state index contributed by atoms with van der Waals surface area (Å²) in [5.41, 5.74) is -0.458. The van der Waals surface area contributed by atoms with Crippen LogP contribution in [0.15, 0.2) is 47.4 Å². The fraction of sp³-hybridized carbons (Fsp3) is 0.364. The molecule has 0 spiro atoms. The van der Waals surface area contributed by atoms with Crippen LogP contribution in [0.25, 0.3) is 0 Å². The first-order chi connectivity index (χ1) is 16.2. The number of aromatic nitrogens is 2. The molecule has 0 bridgehead atoms. The second kappa shape index (κ2) is 10.7. The van der Waals surface area contributed by atoms with Gasteiger partial charge in [0.15, 0.2) is 24.5 Å². The van der Waals surface area contributed by atoms with Gasteiger partial charge in [-0.1, -0.05) is 18.2 Å². The van der Waals surface area contributed by atoms with E-state index in [-0.39, 0.29) is 12.4 Å². The zero-order valence-corrected chi connectivity index (χ0v) is 18.6. The minimum atomic E-state index is -1.33. The van der Waals surface area contributed by atoms with Gasteiger partial charge >= 0.3 is 23.6 Å². The van der Waals surface area contributed by atoms with Crippen LogP contribution < -0.4 is 11.0 Å². The maximum absolute atomic E-state index is 12.8. The Morgan fingerprint density at radius 3 is 2.15 bits per heavy atom. The molecule has 180 valence electrons. The fourth-order valence-corrected chi connectivity index (χ4v) is 3.42. The molecule has 12 heteroatoms. The first-order valence-corrected chi connectivity index (χ1v) is 10.2. The van der Waals surface area contributed by atoms with Crippen molar-refractivity contribution in [3.8, 4) is 0 Å². The van der Waals surface area contributed by atoms with E-state index < -0.39 is 54.0 Å². The summed E-state index contributed by atoms with van der Waals surface area (Å²) >= 11 is 0. The first-order valence-electron chi connectivity index (χ1n) is 10.2. The van der Waals surface area contributed by atoms with E-state index in [4.69, 9.17) is 18.9 Å². The lowest BCUT2D eigenvalue weighted by Crippen LogP contribution is -2.56. The van der Waals surface area contributed by atoms with Crippen LogP contribution >= 0.6 is 0 Å². The molecule has 0 radical (unpaired) electrons. The molecule has 1 aromatic carbocycles. The molecule has 1 fully saturated rings. The normalized spacial score (nSPS) is 21.7. The number of esters is 3. The van der Waals surface area contributed by atoms with Crippen LogP contribution in [-0.4, -0.2) is 58.3 Å². The number of ether oxygens (including phenoxy) is 4. The summed E-state index contributed by atoms with van der Waals surface area (Å²) in [6.45, 7) is 3.17. The van der Waals surface area contributed by atoms with E-state index >= 15 is 0 Å². The average molecular weight is 473 g/mol. The third kappa shape index (κ3) is 6.04. The number of rotatable bonds is 6. The van der Waals surface area contributed by atoms with Gasteiger partial charge in [-0.3, -0.25) is 23.7 Å². The van der Waals surface area contributed by atoms with Crippen molar-refractivity contribution < 1.29 is 38.1 Å². The molecular formula is C22H23N3O9. The summed E-state index contributed by atoms with van der Waals surface area (Å²) in [6, 6.07) is 9.71. The zero-order valence-electron chi connectivity index (χ0n) is 18.6. The highest BCUT2D eigenvalue weighted by Crippen LogP contribution is 2.30. The highest BCUT2D eigenvalue weighted by atomic mass is 16.6. The molecule has 1 aromatic heterocycles. The van der Waals surface area contributed by atoms with Gasteiger partial charge in [0.25, 0.3) is 5.91 Å². The van der Waals surface area contributed by atoms with E-state index in [0.717, 1.165) is 25.3 Å². The minimum absolute atomic E-state index is 0.00993. The Morgan fingerprint density at radius 2 is 1.56 bits per heavy atom. The SMILES string of the molecule is CC(=O)O[C@H]1[C@H](OC(C)=O)[C@@H](n2ccc(NC(=O)c3ccccc3)nc2=O)OC[C@H]1OC(C)=O. The average Bonchev–Trinajstić information content (AvgIpc) is 2.76. The second-order valence-electron chi connectivity index (χ2n) is 7.34. The number of carbonyl (C=O) groups excluding carboxylic acids is 4. The third-order valence-electron chi connectivity index (χ3n) is 4.71. The number of anilines is 1. The maximum atomic E-state index is 12.8. The lowest BCUT2D eigenvalue weighted by atomic mass is 10.0. The van der Waals surface area contributed by atoms with Crippen LogP contribution in [0.4, 0.5) is 5.82 Å². The van der Waals surface area contributed by atoms with Gasteiger partial charge in [-0.2, -0.15) is 4.98 Å². The molecule has 2 heterocycles. The molecule has 1 N–H and O–H groups in total. The predicted molar refractivity (Wildman–Crippen MR) is 115 cm³/mol. The Kier molecular flexibility index (Phi) is 7.74. The molecule has 1 aliphatic heterocycles. The third-order valence-corrected chi connectivity index (χ3v) is 4.71. The summed E-state index contributed by atoms with van der Waals surface area (Å²) in [7, 11) is 0. The van der Waals surface area contributed by atoms with Crippen molar-refractivity contribution in [1.29, 1.82) is 0 Å². The summed E-state index contributed by atoms with van der Waals surface area (Å²) in [6.07, 6.45) is -3.61. The van der Waals surface area contributed by atoms with Crippen molar-refractivity contribution >= 4 is 29.6 Å². The van der Waals surface area contributed by atoms with Crippen LogP contribution in [0.5, 0.6) is 0 Å². The van der Waals surface area contributed by atoms with Crippen molar-refractivity contribution in [3.05, 3.63) is 58.6 Å². The fourth-order valence-electron chi connectivity index (χ4n) is 3.42. The molecule has 4 atom stereocenters. The van der Waals surface area contributed by atoms with Crippen molar-refractivity contribution in [2.75, 3.05) is 11.9 Å². The van der Waals surface area contributed by atoms with E-state index in [1.807, 2.05) is 0 Å². The van der Waals surface area contributed by atoms with Gasteiger partial charge < -0.3 is 24.3 Å². The molecule has 1 saturated heterocycles. The van der Waals surface area contributed by atoms with Crippen LogP contribution in [0.3, 0.4) is 0 Å². The van der Waals surface area contributed by atoms with Crippen molar-refractivity contribution in [2.45, 2.75) is 45.3 Å². The number of benzene rings is 1. The Balaban J connectivity index is 1.89. The standard InChI is InChI=1S/C22H23N3O9/c1-12(26)32-16-11-31-21(19(34-14(3)28)18(16)33-13(2)27)25-10-9-17(24-22(25)30)23-20(29)15-7-5-4-6-8-15/h4-10,16,18-19,21H,11H2,1-3H3,(H,23,24,29,30)/t16-,18-,19+,21+/m1/s1. The smallest absolute Gasteiger partial charge is 0.351 e. The van der Waals surface area contributed by atoms with E-state index in [2.05, 4.69) is 10.3 Å². The van der Waals surface area contributed by atoms with Gasteiger partial charge in [0.2, 0.25) is 0 Å². The number of amides is 1. The Labute approximate surface area is 193 Å². The minimum Gasteiger partial charge on any atom is -0.456 e. The van der Waals surface area contributed by atoms with Gasteiger partial charge in [0.05, 0.1) is 6.61 Å². The molecule has 12 nitrogen and oxygen atoms in total. The predicted octanol–water partition coefficient (Wildman–Crippen LogP) is 0.819. The van der Waals surface area contributed by atoms with Crippen LogP contribution in [-0.2, 0) is 33.3 Å². The highest BCUT2D eigenvalue weighted by molar-refractivity contribution is 6.03. The number of nitrogens with one attached hydrogen (secondary N) is 1. The summed E-state index contributed by atoms with van der Waals surface area (Å²) < 4.78 is 22.4. The largest absolute Gasteiger partial charge is 0.456 e. The molecule has 0 saturated carbocycles. The van der Waals surface area contributed by atoms with E-state index in [9.17, 15) is 24.0 Å². The first kappa shape index (κ1) is 24.6. The topological polar surface area (TPSA) is 152 Å². The molecule has 1 aliphatic rings. The van der Waals surface area contributed by atoms with Gasteiger partial charge in [-0.15, -0.1) is 0 Å². The van der Waals surface area contributed by atoms with Gasteiger partial charge in [0, 0.05) is 32.5 Å². The monoisotopic (exact) mass is 473 g/mol. The molecule has 34 heavy (non-hydrogen) atoms. The van der Waals surface area contributed by atoms with Gasteiger partial charge in [-0.25, -0.2) is 4.79 Å². The van der Waals surface area contributed by atoms with Crippen molar-refractivity contribution in [3.63, 3.8) is 0 Å². The van der Waals surface area contributed by atoms with Crippen LogP contribution in [0.2, 0.25) is 0 Å². The quantitative estimate of drug-likeness (QED) is 0.471. The molecule has 1 amide bonds. The number of hydrogen-bond acceptors (Lipinski definition) is 10. The van der Waals surface area contributed by atoms with E-state index in [1.165, 1.54) is 12.3 Å². The number of nitrogens with zero attached hydrogens (tertiary/aromatic N) is 2. The van der Waals surface area contributed by atoms with Gasteiger partial charge in [0.1, 0.15) is 5.82 Å². The molecule has 0 unspecified atom stereocenters.